The number of aryl methyl sites for hydroxylation is 2. The Labute approximate surface area is 170 Å². The van der Waals surface area contributed by atoms with E-state index in [1.165, 1.54) is 0 Å². The van der Waals surface area contributed by atoms with E-state index < -0.39 is 0 Å². The van der Waals surface area contributed by atoms with E-state index in [2.05, 4.69) is 5.10 Å². The molecule has 1 aromatic heterocycles. The largest absolute Gasteiger partial charge is 0.493 e. The van der Waals surface area contributed by atoms with Crippen molar-refractivity contribution in [1.82, 2.24) is 19.6 Å². The first-order chi connectivity index (χ1) is 14.2. The fourth-order valence-electron chi connectivity index (χ4n) is 3.81. The SMILES string of the molecule is COc1ccccc1OCC(=O)N1CCN(C(=O)c2cc3n(n2)CCCC3)CC1. The zero-order chi connectivity index (χ0) is 20.2. The summed E-state index contributed by atoms with van der Waals surface area (Å²) in [6.45, 7) is 2.82. The van der Waals surface area contributed by atoms with Crippen LogP contribution in [0.4, 0.5) is 0 Å². The highest BCUT2D eigenvalue weighted by molar-refractivity contribution is 5.92. The topological polar surface area (TPSA) is 76.9 Å². The number of carbonyl (C=O) groups excluding carboxylic acids is 2. The lowest BCUT2D eigenvalue weighted by atomic mass is 10.1. The van der Waals surface area contributed by atoms with Gasteiger partial charge >= 0.3 is 0 Å². The maximum Gasteiger partial charge on any atom is 0.274 e. The lowest BCUT2D eigenvalue weighted by Crippen LogP contribution is -2.51. The van der Waals surface area contributed by atoms with Crippen molar-refractivity contribution in [3.8, 4) is 11.5 Å². The van der Waals surface area contributed by atoms with Gasteiger partial charge < -0.3 is 19.3 Å². The highest BCUT2D eigenvalue weighted by Crippen LogP contribution is 2.25. The molecule has 0 spiro atoms. The molecule has 4 rings (SSSR count). The van der Waals surface area contributed by atoms with Crippen LogP contribution in [0.2, 0.25) is 0 Å². The molecular formula is C21H26N4O4. The van der Waals surface area contributed by atoms with Crippen LogP contribution in [0.1, 0.15) is 29.0 Å². The molecule has 2 amide bonds. The van der Waals surface area contributed by atoms with Crippen molar-refractivity contribution in [1.29, 1.82) is 0 Å². The Kier molecular flexibility index (Phi) is 5.69. The highest BCUT2D eigenvalue weighted by atomic mass is 16.5. The second kappa shape index (κ2) is 8.55. The van der Waals surface area contributed by atoms with Crippen molar-refractivity contribution >= 4 is 11.8 Å². The second-order valence-corrected chi connectivity index (χ2v) is 7.31. The Balaban J connectivity index is 1.29. The first-order valence-corrected chi connectivity index (χ1v) is 10.1. The molecular weight excluding hydrogens is 372 g/mol. The summed E-state index contributed by atoms with van der Waals surface area (Å²) in [5, 5.41) is 4.47. The van der Waals surface area contributed by atoms with Crippen molar-refractivity contribution < 1.29 is 19.1 Å². The lowest BCUT2D eigenvalue weighted by Gasteiger charge is -2.34. The van der Waals surface area contributed by atoms with Crippen molar-refractivity contribution in [3.05, 3.63) is 41.7 Å². The van der Waals surface area contributed by atoms with E-state index in [-0.39, 0.29) is 18.4 Å². The molecule has 8 nitrogen and oxygen atoms in total. The minimum Gasteiger partial charge on any atom is -0.493 e. The van der Waals surface area contributed by atoms with Crippen molar-refractivity contribution in [2.24, 2.45) is 0 Å². The minimum atomic E-state index is -0.0968. The normalized spacial score (nSPS) is 16.3. The zero-order valence-electron chi connectivity index (χ0n) is 16.7. The Morgan fingerprint density at radius 2 is 1.72 bits per heavy atom. The lowest BCUT2D eigenvalue weighted by molar-refractivity contribution is -0.134. The number of ether oxygens (including phenoxy) is 2. The maximum atomic E-state index is 12.8. The Bertz CT molecular complexity index is 863. The van der Waals surface area contributed by atoms with Crippen LogP contribution in [-0.2, 0) is 17.8 Å². The molecule has 0 radical (unpaired) electrons. The number of fused-ring (bicyclic) bond motifs is 1. The molecule has 1 saturated heterocycles. The van der Waals surface area contributed by atoms with Gasteiger partial charge in [0.05, 0.1) is 7.11 Å². The van der Waals surface area contributed by atoms with Gasteiger partial charge in [0.25, 0.3) is 11.8 Å². The summed E-state index contributed by atoms with van der Waals surface area (Å²) < 4.78 is 12.8. The van der Waals surface area contributed by atoms with Crippen LogP contribution in [0, 0.1) is 0 Å². The van der Waals surface area contributed by atoms with E-state index in [1.54, 1.807) is 29.0 Å². The van der Waals surface area contributed by atoms with Gasteiger partial charge in [0.1, 0.15) is 0 Å². The number of aromatic nitrogens is 2. The van der Waals surface area contributed by atoms with Crippen molar-refractivity contribution in [3.63, 3.8) is 0 Å². The van der Waals surface area contributed by atoms with Crippen LogP contribution < -0.4 is 9.47 Å². The summed E-state index contributed by atoms with van der Waals surface area (Å²) >= 11 is 0. The average Bonchev–Trinajstić information content (AvgIpc) is 3.21. The third-order valence-electron chi connectivity index (χ3n) is 5.48. The Morgan fingerprint density at radius 1 is 1.00 bits per heavy atom. The van der Waals surface area contributed by atoms with E-state index in [0.717, 1.165) is 31.5 Å². The molecule has 0 aliphatic carbocycles. The zero-order valence-corrected chi connectivity index (χ0v) is 16.7. The predicted molar refractivity (Wildman–Crippen MR) is 106 cm³/mol. The van der Waals surface area contributed by atoms with Gasteiger partial charge in [0.15, 0.2) is 23.8 Å². The average molecular weight is 398 g/mol. The summed E-state index contributed by atoms with van der Waals surface area (Å²) in [5.41, 5.74) is 1.66. The van der Waals surface area contributed by atoms with Gasteiger partial charge in [-0.25, -0.2) is 0 Å². The van der Waals surface area contributed by atoms with Gasteiger partial charge in [0, 0.05) is 38.4 Å². The number of amides is 2. The molecule has 1 aromatic carbocycles. The molecule has 1 fully saturated rings. The molecule has 3 heterocycles. The van der Waals surface area contributed by atoms with E-state index >= 15 is 0 Å². The minimum absolute atomic E-state index is 0.0516. The molecule has 154 valence electrons. The van der Waals surface area contributed by atoms with E-state index in [9.17, 15) is 9.59 Å². The van der Waals surface area contributed by atoms with Crippen LogP contribution in [0.15, 0.2) is 30.3 Å². The standard InChI is InChI=1S/C21H26N4O4/c1-28-18-7-2-3-8-19(18)29-15-20(26)23-10-12-24(13-11-23)21(27)17-14-16-6-4-5-9-25(16)22-17/h2-3,7-8,14H,4-6,9-13,15H2,1H3. The first kappa shape index (κ1) is 19.3. The smallest absolute Gasteiger partial charge is 0.274 e. The molecule has 0 atom stereocenters. The number of rotatable bonds is 5. The van der Waals surface area contributed by atoms with Crippen molar-refractivity contribution in [2.75, 3.05) is 39.9 Å². The van der Waals surface area contributed by atoms with Gasteiger partial charge in [-0.2, -0.15) is 5.10 Å². The quantitative estimate of drug-likeness (QED) is 0.765. The first-order valence-electron chi connectivity index (χ1n) is 10.1. The molecule has 0 saturated carbocycles. The number of para-hydroxylation sites is 2. The highest BCUT2D eigenvalue weighted by Gasteiger charge is 2.27. The summed E-state index contributed by atoms with van der Waals surface area (Å²) in [6, 6.07) is 9.16. The van der Waals surface area contributed by atoms with Gasteiger partial charge in [-0.15, -0.1) is 0 Å². The molecule has 2 aromatic rings. The number of carbonyl (C=O) groups is 2. The Morgan fingerprint density at radius 3 is 2.45 bits per heavy atom. The molecule has 29 heavy (non-hydrogen) atoms. The second-order valence-electron chi connectivity index (χ2n) is 7.31. The Hall–Kier alpha value is -3.03. The van der Waals surface area contributed by atoms with Crippen LogP contribution in [-0.4, -0.2) is 71.3 Å². The van der Waals surface area contributed by atoms with Gasteiger partial charge in [-0.1, -0.05) is 12.1 Å². The van der Waals surface area contributed by atoms with Crippen LogP contribution in [0.3, 0.4) is 0 Å². The van der Waals surface area contributed by atoms with Crippen LogP contribution in [0.5, 0.6) is 11.5 Å². The van der Waals surface area contributed by atoms with Crippen LogP contribution >= 0.6 is 0 Å². The predicted octanol–water partition coefficient (Wildman–Crippen LogP) is 1.59. The molecule has 0 bridgehead atoms. The number of piperazine rings is 1. The number of hydrogen-bond acceptors (Lipinski definition) is 5. The molecule has 2 aliphatic rings. The molecule has 2 aliphatic heterocycles. The summed E-state index contributed by atoms with van der Waals surface area (Å²) in [4.78, 5) is 28.8. The number of hydrogen-bond donors (Lipinski definition) is 0. The monoisotopic (exact) mass is 398 g/mol. The molecule has 8 heteroatoms. The van der Waals surface area contributed by atoms with Crippen LogP contribution in [0.25, 0.3) is 0 Å². The van der Waals surface area contributed by atoms with Gasteiger partial charge in [-0.3, -0.25) is 14.3 Å². The third kappa shape index (κ3) is 4.21. The maximum absolute atomic E-state index is 12.8. The summed E-state index contributed by atoms with van der Waals surface area (Å²) in [6.07, 6.45) is 3.24. The van der Waals surface area contributed by atoms with Gasteiger partial charge in [-0.05, 0) is 37.5 Å². The number of nitrogens with zero attached hydrogens (tertiary/aromatic N) is 4. The van der Waals surface area contributed by atoms with E-state index in [1.807, 2.05) is 22.9 Å². The fraction of sp³-hybridized carbons (Fsp3) is 0.476. The third-order valence-corrected chi connectivity index (χ3v) is 5.48. The van der Waals surface area contributed by atoms with E-state index in [4.69, 9.17) is 9.47 Å². The molecule has 0 N–H and O–H groups in total. The summed E-state index contributed by atoms with van der Waals surface area (Å²) in [5.74, 6) is 0.990. The molecule has 0 unspecified atom stereocenters. The number of methoxy groups -OCH3 is 1. The fourth-order valence-corrected chi connectivity index (χ4v) is 3.81. The van der Waals surface area contributed by atoms with E-state index in [0.29, 0.717) is 43.4 Å². The number of benzene rings is 1. The van der Waals surface area contributed by atoms with Crippen molar-refractivity contribution in [2.45, 2.75) is 25.8 Å². The summed E-state index contributed by atoms with van der Waals surface area (Å²) in [7, 11) is 1.57. The van der Waals surface area contributed by atoms with Gasteiger partial charge in [0.2, 0.25) is 0 Å².